The van der Waals surface area contributed by atoms with Gasteiger partial charge in [-0.3, -0.25) is 4.79 Å². The number of carbonyl (C=O) groups excluding carboxylic acids is 1. The summed E-state index contributed by atoms with van der Waals surface area (Å²) in [6.07, 6.45) is 0.688. The molecule has 0 amide bonds. The van der Waals surface area contributed by atoms with Crippen molar-refractivity contribution in [3.05, 3.63) is 29.8 Å². The molecule has 0 radical (unpaired) electrons. The van der Waals surface area contributed by atoms with Gasteiger partial charge in [0.1, 0.15) is 0 Å². The molecule has 2 N–H and O–H groups in total. The van der Waals surface area contributed by atoms with Crippen molar-refractivity contribution in [3.63, 3.8) is 0 Å². The second-order valence-corrected chi connectivity index (χ2v) is 6.24. The number of sulfonamides is 1. The van der Waals surface area contributed by atoms with Crippen LogP contribution in [0.2, 0.25) is 0 Å². The normalized spacial score (nSPS) is 13.2. The Morgan fingerprint density at radius 3 is 2.37 bits per heavy atom. The standard InChI is InChI=1S/C13H19NO4S/c1-10(15)4-3-9-14-19(17,18)13-7-5-12(6-8-13)11(2)16/h5-8,10,14-15H,3-4,9H2,1-2H3. The Hall–Kier alpha value is -1.24. The lowest BCUT2D eigenvalue weighted by Gasteiger charge is -2.08. The van der Waals surface area contributed by atoms with E-state index in [2.05, 4.69) is 4.72 Å². The van der Waals surface area contributed by atoms with E-state index in [-0.39, 0.29) is 17.2 Å². The number of nitrogens with one attached hydrogen (secondary N) is 1. The molecule has 1 unspecified atom stereocenters. The maximum Gasteiger partial charge on any atom is 0.240 e. The number of rotatable bonds is 7. The molecule has 0 spiro atoms. The summed E-state index contributed by atoms with van der Waals surface area (Å²) < 4.78 is 26.3. The maximum atomic E-state index is 11.9. The molecule has 0 aromatic heterocycles. The van der Waals surface area contributed by atoms with Crippen molar-refractivity contribution in [3.8, 4) is 0 Å². The van der Waals surface area contributed by atoms with Crippen molar-refractivity contribution in [2.75, 3.05) is 6.54 Å². The molecule has 0 fully saturated rings. The van der Waals surface area contributed by atoms with Gasteiger partial charge in [0.15, 0.2) is 5.78 Å². The van der Waals surface area contributed by atoms with E-state index in [9.17, 15) is 13.2 Å². The molecule has 0 saturated carbocycles. The highest BCUT2D eigenvalue weighted by Gasteiger charge is 2.13. The van der Waals surface area contributed by atoms with Crippen LogP contribution in [0, 0.1) is 0 Å². The van der Waals surface area contributed by atoms with Crippen molar-refractivity contribution in [1.29, 1.82) is 0 Å². The molecule has 1 rings (SSSR count). The van der Waals surface area contributed by atoms with Gasteiger partial charge in [0.2, 0.25) is 10.0 Å². The summed E-state index contributed by atoms with van der Waals surface area (Å²) in [6.45, 7) is 3.37. The zero-order valence-electron chi connectivity index (χ0n) is 11.1. The lowest BCUT2D eigenvalue weighted by atomic mass is 10.2. The first-order chi connectivity index (χ1) is 8.83. The second-order valence-electron chi connectivity index (χ2n) is 4.47. The molecule has 0 saturated heterocycles. The lowest BCUT2D eigenvalue weighted by Crippen LogP contribution is -2.25. The lowest BCUT2D eigenvalue weighted by molar-refractivity contribution is 0.101. The molecule has 0 heterocycles. The number of carbonyl (C=O) groups is 1. The first-order valence-corrected chi connectivity index (χ1v) is 7.60. The van der Waals surface area contributed by atoms with Crippen LogP contribution in [0.15, 0.2) is 29.2 Å². The van der Waals surface area contributed by atoms with Gasteiger partial charge in [-0.25, -0.2) is 13.1 Å². The van der Waals surface area contributed by atoms with E-state index >= 15 is 0 Å². The van der Waals surface area contributed by atoms with E-state index in [1.807, 2.05) is 0 Å². The van der Waals surface area contributed by atoms with Crippen LogP contribution in [0.3, 0.4) is 0 Å². The number of aliphatic hydroxyl groups excluding tert-OH is 1. The first kappa shape index (κ1) is 15.8. The summed E-state index contributed by atoms with van der Waals surface area (Å²) in [5.74, 6) is -0.103. The van der Waals surface area contributed by atoms with Gasteiger partial charge in [-0.1, -0.05) is 12.1 Å². The Kier molecular flexibility index (Phi) is 5.65. The summed E-state index contributed by atoms with van der Waals surface area (Å²) in [4.78, 5) is 11.2. The van der Waals surface area contributed by atoms with Crippen LogP contribution in [-0.4, -0.2) is 32.0 Å². The van der Waals surface area contributed by atoms with Crippen LogP contribution in [0.25, 0.3) is 0 Å². The third kappa shape index (κ3) is 5.10. The quantitative estimate of drug-likeness (QED) is 0.585. The Labute approximate surface area is 113 Å². The Morgan fingerprint density at radius 1 is 1.32 bits per heavy atom. The summed E-state index contributed by atoms with van der Waals surface area (Å²) in [5, 5.41) is 9.07. The van der Waals surface area contributed by atoms with E-state index in [1.165, 1.54) is 31.2 Å². The molecular weight excluding hydrogens is 266 g/mol. The van der Waals surface area contributed by atoms with Crippen molar-refractivity contribution >= 4 is 15.8 Å². The molecule has 1 aromatic carbocycles. The molecule has 0 bridgehead atoms. The van der Waals surface area contributed by atoms with Gasteiger partial charge in [0.05, 0.1) is 11.0 Å². The van der Waals surface area contributed by atoms with Crippen LogP contribution in [0.4, 0.5) is 0 Å². The Morgan fingerprint density at radius 2 is 1.89 bits per heavy atom. The number of aliphatic hydroxyl groups is 1. The van der Waals surface area contributed by atoms with E-state index in [1.54, 1.807) is 6.92 Å². The monoisotopic (exact) mass is 285 g/mol. The SMILES string of the molecule is CC(=O)c1ccc(S(=O)(=O)NCCCC(C)O)cc1. The summed E-state index contributed by atoms with van der Waals surface area (Å²) in [7, 11) is -3.54. The molecule has 5 nitrogen and oxygen atoms in total. The molecular formula is C13H19NO4S. The molecule has 19 heavy (non-hydrogen) atoms. The smallest absolute Gasteiger partial charge is 0.240 e. The predicted octanol–water partition coefficient (Wildman–Crippen LogP) is 1.33. The fraction of sp³-hybridized carbons (Fsp3) is 0.462. The van der Waals surface area contributed by atoms with Crippen LogP contribution in [-0.2, 0) is 10.0 Å². The second kappa shape index (κ2) is 6.79. The summed E-state index contributed by atoms with van der Waals surface area (Å²) in [5.41, 5.74) is 0.480. The summed E-state index contributed by atoms with van der Waals surface area (Å²) >= 11 is 0. The fourth-order valence-electron chi connectivity index (χ4n) is 1.56. The molecule has 6 heteroatoms. The highest BCUT2D eigenvalue weighted by molar-refractivity contribution is 7.89. The van der Waals surface area contributed by atoms with E-state index in [0.29, 0.717) is 18.4 Å². The van der Waals surface area contributed by atoms with E-state index < -0.39 is 16.1 Å². The minimum atomic E-state index is -3.54. The van der Waals surface area contributed by atoms with Crippen LogP contribution in [0.5, 0.6) is 0 Å². The summed E-state index contributed by atoms with van der Waals surface area (Å²) in [6, 6.07) is 5.81. The van der Waals surface area contributed by atoms with Gasteiger partial charge in [0.25, 0.3) is 0 Å². The largest absolute Gasteiger partial charge is 0.393 e. The Balaban J connectivity index is 2.64. The van der Waals surface area contributed by atoms with Gasteiger partial charge in [0, 0.05) is 12.1 Å². The molecule has 106 valence electrons. The molecule has 1 aromatic rings. The number of ketones is 1. The first-order valence-electron chi connectivity index (χ1n) is 6.11. The molecule has 0 aliphatic carbocycles. The third-order valence-electron chi connectivity index (χ3n) is 2.66. The highest BCUT2D eigenvalue weighted by Crippen LogP contribution is 2.11. The number of hydrogen-bond donors (Lipinski definition) is 2. The van der Waals surface area contributed by atoms with Gasteiger partial charge in [-0.2, -0.15) is 0 Å². The average molecular weight is 285 g/mol. The topological polar surface area (TPSA) is 83.5 Å². The Bertz CT molecular complexity index is 520. The average Bonchev–Trinajstić information content (AvgIpc) is 2.34. The fourth-order valence-corrected chi connectivity index (χ4v) is 2.63. The van der Waals surface area contributed by atoms with Crippen molar-refractivity contribution in [2.45, 2.75) is 37.7 Å². The predicted molar refractivity (Wildman–Crippen MR) is 72.5 cm³/mol. The van der Waals surface area contributed by atoms with Crippen LogP contribution < -0.4 is 4.72 Å². The molecule has 1 atom stereocenters. The molecule has 0 aliphatic rings. The number of hydrogen-bond acceptors (Lipinski definition) is 4. The highest BCUT2D eigenvalue weighted by atomic mass is 32.2. The zero-order valence-corrected chi connectivity index (χ0v) is 11.9. The van der Waals surface area contributed by atoms with Gasteiger partial charge >= 0.3 is 0 Å². The van der Waals surface area contributed by atoms with Crippen molar-refractivity contribution in [1.82, 2.24) is 4.72 Å². The van der Waals surface area contributed by atoms with E-state index in [4.69, 9.17) is 5.11 Å². The molecule has 0 aliphatic heterocycles. The van der Waals surface area contributed by atoms with Crippen molar-refractivity contribution in [2.24, 2.45) is 0 Å². The van der Waals surface area contributed by atoms with Crippen molar-refractivity contribution < 1.29 is 18.3 Å². The van der Waals surface area contributed by atoms with Crippen LogP contribution in [0.1, 0.15) is 37.0 Å². The number of Topliss-reactive ketones (excluding diaryl/α,β-unsaturated/α-hetero) is 1. The minimum absolute atomic E-state index is 0.103. The van der Waals surface area contributed by atoms with Gasteiger partial charge in [-0.15, -0.1) is 0 Å². The van der Waals surface area contributed by atoms with Gasteiger partial charge < -0.3 is 5.11 Å². The van der Waals surface area contributed by atoms with Crippen LogP contribution >= 0.6 is 0 Å². The third-order valence-corrected chi connectivity index (χ3v) is 4.14. The maximum absolute atomic E-state index is 11.9. The number of benzene rings is 1. The minimum Gasteiger partial charge on any atom is -0.393 e. The zero-order chi connectivity index (χ0) is 14.5. The van der Waals surface area contributed by atoms with E-state index in [0.717, 1.165) is 0 Å². The van der Waals surface area contributed by atoms with Gasteiger partial charge in [-0.05, 0) is 38.8 Å².